The van der Waals surface area contributed by atoms with E-state index in [0.717, 1.165) is 17.6 Å². The molecule has 0 fully saturated rings. The lowest BCUT2D eigenvalue weighted by Crippen LogP contribution is -2.48. The molecule has 2 aromatic rings. The molecule has 0 unspecified atom stereocenters. The zero-order valence-electron chi connectivity index (χ0n) is 19.0. The molecule has 6 nitrogen and oxygen atoms in total. The molecule has 1 heterocycles. The highest BCUT2D eigenvalue weighted by molar-refractivity contribution is 5.96. The first kappa shape index (κ1) is 22.5. The Morgan fingerprint density at radius 3 is 1.85 bits per heavy atom. The number of carbonyl (C=O) groups excluding carboxylic acids is 1. The maximum atomic E-state index is 13.1. The largest absolute Gasteiger partial charge is 0.478 e. The molecule has 1 amide bonds. The van der Waals surface area contributed by atoms with E-state index in [9.17, 15) is 19.5 Å². The van der Waals surface area contributed by atoms with Crippen LogP contribution in [0.2, 0.25) is 0 Å². The quantitative estimate of drug-likeness (QED) is 0.647. The molecule has 1 aliphatic heterocycles. The van der Waals surface area contributed by atoms with Crippen molar-refractivity contribution in [1.29, 1.82) is 0 Å². The van der Waals surface area contributed by atoms with Crippen LogP contribution in [0.4, 0.5) is 0 Å². The Kier molecular flexibility index (Phi) is 5.48. The Balaban J connectivity index is 1.59. The minimum Gasteiger partial charge on any atom is -0.478 e. The topological polar surface area (TPSA) is 94.9 Å². The molecule has 2 N–H and O–H groups in total. The highest BCUT2D eigenvalue weighted by Gasteiger charge is 2.46. The van der Waals surface area contributed by atoms with Gasteiger partial charge in [0.15, 0.2) is 0 Å². The van der Waals surface area contributed by atoms with E-state index in [0.29, 0.717) is 18.7 Å². The van der Waals surface area contributed by atoms with Crippen molar-refractivity contribution in [1.82, 2.24) is 4.90 Å². The molecule has 0 spiro atoms. The van der Waals surface area contributed by atoms with E-state index in [1.807, 2.05) is 17.0 Å². The van der Waals surface area contributed by atoms with E-state index in [-0.39, 0.29) is 27.9 Å². The highest BCUT2D eigenvalue weighted by atomic mass is 16.4. The van der Waals surface area contributed by atoms with Crippen molar-refractivity contribution >= 4 is 23.4 Å². The molecule has 0 bridgehead atoms. The van der Waals surface area contributed by atoms with Crippen molar-refractivity contribution in [2.75, 3.05) is 13.1 Å². The average Bonchev–Trinajstić information content (AvgIpc) is 2.78. The first-order valence-corrected chi connectivity index (χ1v) is 10.9. The first-order chi connectivity index (χ1) is 15.5. The molecule has 33 heavy (non-hydrogen) atoms. The van der Waals surface area contributed by atoms with Gasteiger partial charge in [-0.25, -0.2) is 9.59 Å². The van der Waals surface area contributed by atoms with Gasteiger partial charge in [-0.05, 0) is 54.0 Å². The van der Waals surface area contributed by atoms with Gasteiger partial charge in [-0.15, -0.1) is 0 Å². The van der Waals surface area contributed by atoms with Gasteiger partial charge >= 0.3 is 11.9 Å². The zero-order chi connectivity index (χ0) is 24.0. The fourth-order valence-corrected chi connectivity index (χ4v) is 5.29. The number of amides is 1. The molecule has 0 saturated carbocycles. The van der Waals surface area contributed by atoms with Crippen LogP contribution in [0.15, 0.2) is 66.3 Å². The number of carboxylic acid groups (broad SMARTS) is 2. The molecule has 1 aliphatic carbocycles. The molecule has 6 heteroatoms. The van der Waals surface area contributed by atoms with Gasteiger partial charge in [-0.2, -0.15) is 0 Å². The summed E-state index contributed by atoms with van der Waals surface area (Å²) in [6, 6.07) is 13.0. The number of hydrogen-bond acceptors (Lipinski definition) is 3. The fourth-order valence-electron chi connectivity index (χ4n) is 5.29. The van der Waals surface area contributed by atoms with E-state index < -0.39 is 11.9 Å². The predicted octanol–water partition coefficient (Wildman–Crippen LogP) is 4.99. The minimum absolute atomic E-state index is 0.111. The lowest BCUT2D eigenvalue weighted by atomic mass is 9.58. The molecule has 1 atom stereocenters. The third kappa shape index (κ3) is 3.97. The second kappa shape index (κ2) is 8.03. The Bertz CT molecular complexity index is 1190. The summed E-state index contributed by atoms with van der Waals surface area (Å²) in [6.07, 6.45) is 5.12. The molecular formula is C27H27NO5. The van der Waals surface area contributed by atoms with Crippen molar-refractivity contribution in [3.05, 3.63) is 88.5 Å². The maximum Gasteiger partial charge on any atom is 0.335 e. The maximum absolute atomic E-state index is 13.1. The molecule has 0 radical (unpaired) electrons. The lowest BCUT2D eigenvalue weighted by Gasteiger charge is -2.50. The van der Waals surface area contributed by atoms with Crippen LogP contribution in [0, 0.1) is 10.8 Å². The van der Waals surface area contributed by atoms with Crippen molar-refractivity contribution in [2.45, 2.75) is 27.2 Å². The van der Waals surface area contributed by atoms with Crippen LogP contribution in [0.25, 0.3) is 5.57 Å². The van der Waals surface area contributed by atoms with Crippen LogP contribution in [-0.4, -0.2) is 46.0 Å². The summed E-state index contributed by atoms with van der Waals surface area (Å²) < 4.78 is 0. The second-order valence-electron chi connectivity index (χ2n) is 9.58. The zero-order valence-corrected chi connectivity index (χ0v) is 19.0. The summed E-state index contributed by atoms with van der Waals surface area (Å²) in [5, 5.41) is 18.3. The summed E-state index contributed by atoms with van der Waals surface area (Å²) in [4.78, 5) is 37.2. The summed E-state index contributed by atoms with van der Waals surface area (Å²) in [5.74, 6) is -2.07. The predicted molar refractivity (Wildman–Crippen MR) is 125 cm³/mol. The molecule has 0 saturated heterocycles. The molecular weight excluding hydrogens is 418 g/mol. The summed E-state index contributed by atoms with van der Waals surface area (Å²) >= 11 is 0. The number of benzene rings is 2. The van der Waals surface area contributed by atoms with Gasteiger partial charge in [0.25, 0.3) is 5.91 Å². The van der Waals surface area contributed by atoms with Gasteiger partial charge in [-0.1, -0.05) is 50.6 Å². The van der Waals surface area contributed by atoms with Crippen LogP contribution < -0.4 is 0 Å². The van der Waals surface area contributed by atoms with Gasteiger partial charge in [0, 0.05) is 29.5 Å². The number of carboxylic acids is 2. The van der Waals surface area contributed by atoms with Crippen LogP contribution >= 0.6 is 0 Å². The monoisotopic (exact) mass is 445 g/mol. The lowest BCUT2D eigenvalue weighted by molar-refractivity contribution is 0.0675. The van der Waals surface area contributed by atoms with Crippen LogP contribution in [0.5, 0.6) is 0 Å². The molecule has 170 valence electrons. The van der Waals surface area contributed by atoms with E-state index in [1.165, 1.54) is 17.7 Å². The summed E-state index contributed by atoms with van der Waals surface area (Å²) in [7, 11) is 0. The third-order valence-corrected chi connectivity index (χ3v) is 6.92. The smallest absolute Gasteiger partial charge is 0.335 e. The van der Waals surface area contributed by atoms with Crippen LogP contribution in [-0.2, 0) is 0 Å². The minimum atomic E-state index is -1.02. The third-order valence-electron chi connectivity index (χ3n) is 6.92. The van der Waals surface area contributed by atoms with E-state index >= 15 is 0 Å². The molecule has 2 aliphatic rings. The molecule has 2 aromatic carbocycles. The number of rotatable bonds is 4. The second-order valence-corrected chi connectivity index (χ2v) is 9.58. The number of aromatic carboxylic acids is 2. The summed E-state index contributed by atoms with van der Waals surface area (Å²) in [5.41, 5.74) is 3.85. The Morgan fingerprint density at radius 1 is 0.788 bits per heavy atom. The van der Waals surface area contributed by atoms with Gasteiger partial charge in [-0.3, -0.25) is 4.79 Å². The molecule has 0 aromatic heterocycles. The van der Waals surface area contributed by atoms with Gasteiger partial charge < -0.3 is 15.1 Å². The number of carbonyl (C=O) groups is 3. The Hall–Kier alpha value is -3.67. The highest BCUT2D eigenvalue weighted by Crippen LogP contribution is 2.55. The van der Waals surface area contributed by atoms with Gasteiger partial charge in [0.05, 0.1) is 11.1 Å². The number of fused-ring (bicyclic) bond motifs is 1. The standard InChI is InChI=1S/C27H27NO5/c1-26(2)21(17-4-8-19(9-5-17)24(30)31)12-14-27(3)16-28(15-13-22(26)27)23(29)18-6-10-20(11-7-18)25(32)33/h4-13H,14-16H2,1-3H3,(H,30,31)(H,32,33)/t27-/m1/s1. The van der Waals surface area contributed by atoms with Crippen molar-refractivity contribution in [3.8, 4) is 0 Å². The van der Waals surface area contributed by atoms with Crippen LogP contribution in [0.3, 0.4) is 0 Å². The van der Waals surface area contributed by atoms with E-state index in [1.54, 1.807) is 24.3 Å². The van der Waals surface area contributed by atoms with Gasteiger partial charge in [0.2, 0.25) is 0 Å². The van der Waals surface area contributed by atoms with Crippen LogP contribution in [0.1, 0.15) is 63.8 Å². The average molecular weight is 446 g/mol. The van der Waals surface area contributed by atoms with Gasteiger partial charge in [0.1, 0.15) is 0 Å². The normalized spacial score (nSPS) is 21.5. The Labute approximate surface area is 192 Å². The van der Waals surface area contributed by atoms with Crippen molar-refractivity contribution in [2.24, 2.45) is 10.8 Å². The molecule has 4 rings (SSSR count). The number of allylic oxidation sites excluding steroid dienone is 2. The van der Waals surface area contributed by atoms with E-state index in [2.05, 4.69) is 32.9 Å². The van der Waals surface area contributed by atoms with Crippen molar-refractivity contribution < 1.29 is 24.6 Å². The first-order valence-electron chi connectivity index (χ1n) is 10.9. The summed E-state index contributed by atoms with van der Waals surface area (Å²) in [6.45, 7) is 7.58. The fraction of sp³-hybridized carbons (Fsp3) is 0.296. The Morgan fingerprint density at radius 2 is 1.30 bits per heavy atom. The SMILES string of the molecule is CC1(C)C(c2ccc(C(=O)O)cc2)=CC[C@]2(C)CN(C(=O)c3ccc(C(=O)O)cc3)CC=C12. The number of hydrogen-bond donors (Lipinski definition) is 2. The van der Waals surface area contributed by atoms with E-state index in [4.69, 9.17) is 5.11 Å². The van der Waals surface area contributed by atoms with Crippen molar-refractivity contribution in [3.63, 3.8) is 0 Å². The number of nitrogens with zero attached hydrogens (tertiary/aromatic N) is 1.